The second kappa shape index (κ2) is 5.86. The van der Waals surface area contributed by atoms with Gasteiger partial charge in [0, 0.05) is 17.9 Å². The smallest absolute Gasteiger partial charge is 0.131 e. The molecule has 0 amide bonds. The zero-order chi connectivity index (χ0) is 10.4. The third-order valence-corrected chi connectivity index (χ3v) is 2.34. The minimum Gasteiger partial charge on any atom is -0.382 e. The fourth-order valence-corrected chi connectivity index (χ4v) is 1.53. The molecule has 0 bridgehead atoms. The molecule has 1 N–H and O–H groups in total. The van der Waals surface area contributed by atoms with Gasteiger partial charge >= 0.3 is 0 Å². The Morgan fingerprint density at radius 2 is 2.36 bits per heavy atom. The lowest BCUT2D eigenvalue weighted by atomic mass is 10.1. The first-order valence-corrected chi connectivity index (χ1v) is 5.48. The van der Waals surface area contributed by atoms with Crippen LogP contribution in [0.1, 0.15) is 33.1 Å². The van der Waals surface area contributed by atoms with Crippen LogP contribution in [0, 0.1) is 0 Å². The Bertz CT molecular complexity index is 276. The van der Waals surface area contributed by atoms with E-state index in [1.165, 1.54) is 19.3 Å². The van der Waals surface area contributed by atoms with Crippen molar-refractivity contribution in [2.45, 2.75) is 39.2 Å². The summed E-state index contributed by atoms with van der Waals surface area (Å²) in [6, 6.07) is 4.28. The Labute approximate surface area is 90.7 Å². The second-order valence-electron chi connectivity index (χ2n) is 3.55. The summed E-state index contributed by atoms with van der Waals surface area (Å²) in [5.41, 5.74) is 1.05. The van der Waals surface area contributed by atoms with Crippen LogP contribution in [0.4, 0.5) is 5.69 Å². The average molecular weight is 213 g/mol. The van der Waals surface area contributed by atoms with Gasteiger partial charge in [-0.3, -0.25) is 0 Å². The van der Waals surface area contributed by atoms with Gasteiger partial charge in [0.2, 0.25) is 0 Å². The fourth-order valence-electron chi connectivity index (χ4n) is 1.36. The van der Waals surface area contributed by atoms with Crippen molar-refractivity contribution >= 4 is 17.3 Å². The van der Waals surface area contributed by atoms with E-state index < -0.39 is 0 Å². The summed E-state index contributed by atoms with van der Waals surface area (Å²) >= 11 is 5.78. The first-order chi connectivity index (χ1) is 6.72. The van der Waals surface area contributed by atoms with Crippen molar-refractivity contribution < 1.29 is 0 Å². The molecule has 1 atom stereocenters. The van der Waals surface area contributed by atoms with Crippen LogP contribution in [0.15, 0.2) is 18.3 Å². The highest BCUT2D eigenvalue weighted by atomic mass is 35.5. The lowest BCUT2D eigenvalue weighted by Crippen LogP contribution is -2.14. The number of pyridine rings is 1. The van der Waals surface area contributed by atoms with Crippen molar-refractivity contribution in [1.29, 1.82) is 0 Å². The first kappa shape index (κ1) is 11.3. The van der Waals surface area contributed by atoms with Gasteiger partial charge < -0.3 is 5.32 Å². The molecule has 3 heteroatoms. The molecule has 1 aromatic heterocycles. The third-order valence-electron chi connectivity index (χ3n) is 2.13. The summed E-state index contributed by atoms with van der Waals surface area (Å²) in [5, 5.41) is 3.93. The van der Waals surface area contributed by atoms with Crippen molar-refractivity contribution in [3.63, 3.8) is 0 Å². The van der Waals surface area contributed by atoms with Gasteiger partial charge in [0.05, 0.1) is 0 Å². The molecule has 0 aromatic carbocycles. The molecular formula is C11H17ClN2. The molecule has 0 aliphatic heterocycles. The molecule has 1 unspecified atom stereocenters. The van der Waals surface area contributed by atoms with Crippen LogP contribution in [-0.2, 0) is 0 Å². The van der Waals surface area contributed by atoms with E-state index in [9.17, 15) is 0 Å². The van der Waals surface area contributed by atoms with E-state index in [0.717, 1.165) is 5.69 Å². The van der Waals surface area contributed by atoms with Crippen molar-refractivity contribution in [3.8, 4) is 0 Å². The van der Waals surface area contributed by atoms with Crippen LogP contribution in [0.5, 0.6) is 0 Å². The minimum absolute atomic E-state index is 0.494. The summed E-state index contributed by atoms with van der Waals surface area (Å²) in [5.74, 6) is 0. The van der Waals surface area contributed by atoms with Gasteiger partial charge in [0.25, 0.3) is 0 Å². The summed E-state index contributed by atoms with van der Waals surface area (Å²) in [6.45, 7) is 4.39. The predicted octanol–water partition coefficient (Wildman–Crippen LogP) is 3.73. The highest BCUT2D eigenvalue weighted by Crippen LogP contribution is 2.14. The molecule has 0 saturated heterocycles. The molecule has 14 heavy (non-hydrogen) atoms. The van der Waals surface area contributed by atoms with Gasteiger partial charge in [-0.15, -0.1) is 0 Å². The van der Waals surface area contributed by atoms with E-state index in [-0.39, 0.29) is 0 Å². The van der Waals surface area contributed by atoms with E-state index >= 15 is 0 Å². The molecule has 78 valence electrons. The van der Waals surface area contributed by atoms with Crippen LogP contribution >= 0.6 is 11.6 Å². The highest BCUT2D eigenvalue weighted by molar-refractivity contribution is 6.29. The predicted molar refractivity (Wildman–Crippen MR) is 61.9 cm³/mol. The number of unbranched alkanes of at least 4 members (excludes halogenated alkanes) is 1. The molecule has 0 aliphatic carbocycles. The quantitative estimate of drug-likeness (QED) is 0.753. The monoisotopic (exact) mass is 212 g/mol. The number of aromatic nitrogens is 1. The van der Waals surface area contributed by atoms with Crippen LogP contribution in [0.2, 0.25) is 5.15 Å². The molecular weight excluding hydrogens is 196 g/mol. The Hall–Kier alpha value is -0.760. The van der Waals surface area contributed by atoms with Crippen molar-refractivity contribution in [2.75, 3.05) is 5.32 Å². The molecule has 1 aromatic rings. The Balaban J connectivity index is 2.43. The summed E-state index contributed by atoms with van der Waals surface area (Å²) in [6.07, 6.45) is 5.41. The average Bonchev–Trinajstić information content (AvgIpc) is 2.15. The largest absolute Gasteiger partial charge is 0.382 e. The van der Waals surface area contributed by atoms with Gasteiger partial charge in [-0.25, -0.2) is 4.98 Å². The fraction of sp³-hybridized carbons (Fsp3) is 0.545. The topological polar surface area (TPSA) is 24.9 Å². The van der Waals surface area contributed by atoms with Crippen molar-refractivity contribution in [2.24, 2.45) is 0 Å². The summed E-state index contributed by atoms with van der Waals surface area (Å²) < 4.78 is 0. The van der Waals surface area contributed by atoms with Gasteiger partial charge in [0.1, 0.15) is 5.15 Å². The van der Waals surface area contributed by atoms with Gasteiger partial charge in [-0.2, -0.15) is 0 Å². The molecule has 0 fully saturated rings. The lowest BCUT2D eigenvalue weighted by Gasteiger charge is -2.14. The van der Waals surface area contributed by atoms with Gasteiger partial charge in [-0.05, 0) is 25.5 Å². The zero-order valence-corrected chi connectivity index (χ0v) is 9.51. The van der Waals surface area contributed by atoms with E-state index in [4.69, 9.17) is 11.6 Å². The zero-order valence-electron chi connectivity index (χ0n) is 8.76. The highest BCUT2D eigenvalue weighted by Gasteiger charge is 2.01. The minimum atomic E-state index is 0.494. The van der Waals surface area contributed by atoms with E-state index in [2.05, 4.69) is 24.1 Å². The number of anilines is 1. The van der Waals surface area contributed by atoms with E-state index in [1.807, 2.05) is 12.1 Å². The van der Waals surface area contributed by atoms with E-state index in [1.54, 1.807) is 6.20 Å². The summed E-state index contributed by atoms with van der Waals surface area (Å²) in [4.78, 5) is 3.93. The maximum Gasteiger partial charge on any atom is 0.131 e. The Morgan fingerprint density at radius 3 is 3.00 bits per heavy atom. The number of nitrogens with one attached hydrogen (secondary N) is 1. The molecule has 0 spiro atoms. The van der Waals surface area contributed by atoms with Crippen molar-refractivity contribution in [1.82, 2.24) is 4.98 Å². The molecule has 0 aliphatic rings. The molecule has 0 radical (unpaired) electrons. The van der Waals surface area contributed by atoms with Gasteiger partial charge in [0.15, 0.2) is 0 Å². The summed E-state index contributed by atoms with van der Waals surface area (Å²) in [7, 11) is 0. The molecule has 0 saturated carbocycles. The third kappa shape index (κ3) is 3.97. The maximum absolute atomic E-state index is 5.78. The number of hydrogen-bond donors (Lipinski definition) is 1. The maximum atomic E-state index is 5.78. The number of hydrogen-bond acceptors (Lipinski definition) is 2. The molecule has 1 rings (SSSR count). The van der Waals surface area contributed by atoms with Crippen LogP contribution in [0.25, 0.3) is 0 Å². The first-order valence-electron chi connectivity index (χ1n) is 5.10. The molecule has 1 heterocycles. The Kier molecular flexibility index (Phi) is 4.74. The van der Waals surface area contributed by atoms with Gasteiger partial charge in [-0.1, -0.05) is 31.4 Å². The van der Waals surface area contributed by atoms with E-state index in [0.29, 0.717) is 11.2 Å². The van der Waals surface area contributed by atoms with Crippen LogP contribution < -0.4 is 5.32 Å². The normalized spacial score (nSPS) is 12.5. The van der Waals surface area contributed by atoms with Crippen LogP contribution in [0.3, 0.4) is 0 Å². The van der Waals surface area contributed by atoms with Crippen molar-refractivity contribution in [3.05, 3.63) is 23.5 Å². The molecule has 2 nitrogen and oxygen atoms in total. The lowest BCUT2D eigenvalue weighted by molar-refractivity contribution is 0.645. The van der Waals surface area contributed by atoms with Crippen LogP contribution in [-0.4, -0.2) is 11.0 Å². The SMILES string of the molecule is CCCCC(C)Nc1ccnc(Cl)c1. The number of halogens is 1. The Morgan fingerprint density at radius 1 is 1.57 bits per heavy atom. The number of rotatable bonds is 5. The second-order valence-corrected chi connectivity index (χ2v) is 3.94. The number of nitrogens with zero attached hydrogens (tertiary/aromatic N) is 1. The standard InChI is InChI=1S/C11H17ClN2/c1-3-4-5-9(2)14-10-6-7-13-11(12)8-10/h6-9H,3-5H2,1-2H3,(H,13,14).